The van der Waals surface area contributed by atoms with Crippen LogP contribution in [0, 0.1) is 13.8 Å². The molecule has 0 fully saturated rings. The molecular weight excluding hydrogens is 560 g/mol. The summed E-state index contributed by atoms with van der Waals surface area (Å²) >= 11 is 0. The molecule has 1 atom stereocenters. The number of para-hydroxylation sites is 2. The summed E-state index contributed by atoms with van der Waals surface area (Å²) in [7, 11) is 0. The van der Waals surface area contributed by atoms with E-state index < -0.39 is 0 Å². The minimum absolute atomic E-state index is 0. The predicted octanol–water partition coefficient (Wildman–Crippen LogP) is 6.92. The van der Waals surface area contributed by atoms with Crippen LogP contribution in [0.15, 0.2) is 79.0 Å². The number of aryl methyl sites for hydroxylation is 3. The zero-order chi connectivity index (χ0) is 26.6. The number of benzene rings is 2. The fraction of sp³-hybridized carbons (Fsp3) is 0.303. The van der Waals surface area contributed by atoms with Crippen molar-refractivity contribution in [1.29, 1.82) is 0 Å². The lowest BCUT2D eigenvalue weighted by molar-refractivity contribution is 0.153. The largest absolute Gasteiger partial charge is 0.341 e. The van der Waals surface area contributed by atoms with Gasteiger partial charge < -0.3 is 10.3 Å². The van der Waals surface area contributed by atoms with Gasteiger partial charge in [-0.05, 0) is 85.7 Å². The van der Waals surface area contributed by atoms with Gasteiger partial charge in [-0.3, -0.25) is 14.9 Å². The second kappa shape index (κ2) is 12.9. The molecule has 0 aliphatic heterocycles. The van der Waals surface area contributed by atoms with E-state index in [0.717, 1.165) is 67.3 Å². The van der Waals surface area contributed by atoms with E-state index >= 15 is 0 Å². The normalized spacial score (nSPS) is 14.7. The van der Waals surface area contributed by atoms with Gasteiger partial charge in [0, 0.05) is 37.2 Å². The van der Waals surface area contributed by atoms with E-state index in [1.807, 2.05) is 12.3 Å². The number of rotatable bonds is 9. The van der Waals surface area contributed by atoms with Crippen LogP contribution in [0.5, 0.6) is 0 Å². The Morgan fingerprint density at radius 1 is 0.850 bits per heavy atom. The molecule has 0 saturated heterocycles. The fourth-order valence-electron chi connectivity index (χ4n) is 5.86. The van der Waals surface area contributed by atoms with Crippen LogP contribution in [0.4, 0.5) is 0 Å². The molecule has 1 unspecified atom stereocenters. The van der Waals surface area contributed by atoms with Crippen molar-refractivity contribution >= 4 is 28.0 Å². The molecule has 0 saturated carbocycles. The lowest BCUT2D eigenvalue weighted by Crippen LogP contribution is -2.31. The van der Waals surface area contributed by atoms with Crippen molar-refractivity contribution in [3.8, 4) is 0 Å². The topological polar surface area (TPSA) is 69.7 Å². The van der Waals surface area contributed by atoms with Crippen LogP contribution < -0.4 is 5.32 Å². The van der Waals surface area contributed by atoms with E-state index in [1.54, 1.807) is 0 Å². The molecule has 0 amide bonds. The maximum absolute atomic E-state index is 4.90. The Morgan fingerprint density at radius 2 is 1.60 bits per heavy atom. The molecule has 2 aromatic carbocycles. The highest BCUT2D eigenvalue weighted by molar-refractivity contribution is 8.93. The molecule has 206 valence electrons. The summed E-state index contributed by atoms with van der Waals surface area (Å²) in [4.78, 5) is 20.3. The van der Waals surface area contributed by atoms with E-state index in [-0.39, 0.29) is 23.0 Å². The van der Waals surface area contributed by atoms with Crippen molar-refractivity contribution in [2.45, 2.75) is 65.3 Å². The van der Waals surface area contributed by atoms with Gasteiger partial charge in [-0.1, -0.05) is 42.5 Å². The molecule has 0 radical (unpaired) electrons. The summed E-state index contributed by atoms with van der Waals surface area (Å²) in [6, 6.07) is 26.2. The molecule has 1 aliphatic carbocycles. The standard InChI is InChI=1S/C33H36N6.BrH/c1-23-17-27(18-24(2)36-23)20-34-19-25-12-14-26(15-13-25)21-39(22-32-37-29-9-3-4-10-30(29)38-32)31-11-5-7-28-8-6-16-35-33(28)31;/h3-4,6,8-10,12-18,31,34H,5,7,11,19-22H2,1-2H3,(H,37,38);1H. The Bertz CT molecular complexity index is 1510. The van der Waals surface area contributed by atoms with Gasteiger partial charge in [-0.2, -0.15) is 0 Å². The Hall–Kier alpha value is -3.39. The molecule has 2 N–H and O–H groups in total. The summed E-state index contributed by atoms with van der Waals surface area (Å²) in [5.74, 6) is 1.00. The maximum atomic E-state index is 4.90. The number of fused-ring (bicyclic) bond motifs is 2. The van der Waals surface area contributed by atoms with Gasteiger partial charge in [0.15, 0.2) is 0 Å². The number of nitrogens with one attached hydrogen (secondary N) is 2. The SMILES string of the molecule is Br.Cc1cc(CNCc2ccc(CN(Cc3nc4ccccc4[nH]3)C3CCCc4cccnc43)cc2)cc(C)n1. The van der Waals surface area contributed by atoms with E-state index in [9.17, 15) is 0 Å². The summed E-state index contributed by atoms with van der Waals surface area (Å²) in [6.45, 7) is 7.38. The number of H-pyrrole nitrogens is 1. The van der Waals surface area contributed by atoms with E-state index in [4.69, 9.17) is 9.97 Å². The lowest BCUT2D eigenvalue weighted by atomic mass is 9.90. The summed E-state index contributed by atoms with van der Waals surface area (Å²) in [5, 5.41) is 3.58. The van der Waals surface area contributed by atoms with E-state index in [0.29, 0.717) is 0 Å². The van der Waals surface area contributed by atoms with Crippen molar-refractivity contribution in [3.63, 3.8) is 0 Å². The quantitative estimate of drug-likeness (QED) is 0.193. The first-order valence-electron chi connectivity index (χ1n) is 13.9. The number of pyridine rings is 2. The highest BCUT2D eigenvalue weighted by Crippen LogP contribution is 2.34. The maximum Gasteiger partial charge on any atom is 0.121 e. The summed E-state index contributed by atoms with van der Waals surface area (Å²) in [5.41, 5.74) is 10.7. The number of imidazole rings is 1. The van der Waals surface area contributed by atoms with Crippen LogP contribution in [0.25, 0.3) is 11.0 Å². The minimum Gasteiger partial charge on any atom is -0.341 e. The van der Waals surface area contributed by atoms with Crippen molar-refractivity contribution in [3.05, 3.63) is 124 Å². The first-order chi connectivity index (χ1) is 19.1. The van der Waals surface area contributed by atoms with Gasteiger partial charge in [-0.25, -0.2) is 4.98 Å². The van der Waals surface area contributed by atoms with Gasteiger partial charge in [0.1, 0.15) is 5.82 Å². The minimum atomic E-state index is 0. The highest BCUT2D eigenvalue weighted by Gasteiger charge is 2.28. The van der Waals surface area contributed by atoms with Crippen LogP contribution >= 0.6 is 17.0 Å². The zero-order valence-electron chi connectivity index (χ0n) is 23.2. The number of nitrogens with zero attached hydrogens (tertiary/aromatic N) is 4. The van der Waals surface area contributed by atoms with Gasteiger partial charge in [-0.15, -0.1) is 17.0 Å². The average molecular weight is 598 g/mol. The number of aromatic amines is 1. The average Bonchev–Trinajstić information content (AvgIpc) is 3.35. The van der Waals surface area contributed by atoms with Gasteiger partial charge in [0.05, 0.1) is 29.3 Å². The lowest BCUT2D eigenvalue weighted by Gasteiger charge is -2.34. The molecule has 0 spiro atoms. The first-order valence-corrected chi connectivity index (χ1v) is 13.9. The van der Waals surface area contributed by atoms with Crippen LogP contribution in [0.2, 0.25) is 0 Å². The van der Waals surface area contributed by atoms with Gasteiger partial charge in [0.2, 0.25) is 0 Å². The fourth-order valence-corrected chi connectivity index (χ4v) is 5.86. The van der Waals surface area contributed by atoms with Gasteiger partial charge in [0.25, 0.3) is 0 Å². The third-order valence-electron chi connectivity index (χ3n) is 7.61. The highest BCUT2D eigenvalue weighted by atomic mass is 79.9. The van der Waals surface area contributed by atoms with Crippen LogP contribution in [0.3, 0.4) is 0 Å². The van der Waals surface area contributed by atoms with E-state index in [2.05, 4.69) is 101 Å². The summed E-state index contributed by atoms with van der Waals surface area (Å²) in [6.07, 6.45) is 5.34. The monoisotopic (exact) mass is 596 g/mol. The third kappa shape index (κ3) is 6.66. The molecule has 7 heteroatoms. The molecular formula is C33H37BrN6. The van der Waals surface area contributed by atoms with Gasteiger partial charge >= 0.3 is 0 Å². The van der Waals surface area contributed by atoms with Crippen LogP contribution in [0.1, 0.15) is 64.0 Å². The summed E-state index contributed by atoms with van der Waals surface area (Å²) < 4.78 is 0. The Morgan fingerprint density at radius 3 is 2.40 bits per heavy atom. The molecule has 3 heterocycles. The number of halogens is 1. The Kier molecular flexibility index (Phi) is 9.04. The Balaban J connectivity index is 0.00000323. The Labute approximate surface area is 247 Å². The molecule has 1 aliphatic rings. The van der Waals surface area contributed by atoms with Crippen molar-refractivity contribution in [2.75, 3.05) is 0 Å². The van der Waals surface area contributed by atoms with Crippen molar-refractivity contribution in [1.82, 2.24) is 30.2 Å². The zero-order valence-corrected chi connectivity index (χ0v) is 24.9. The van der Waals surface area contributed by atoms with Crippen LogP contribution in [-0.2, 0) is 32.6 Å². The van der Waals surface area contributed by atoms with Crippen molar-refractivity contribution in [2.24, 2.45) is 0 Å². The molecule has 0 bridgehead atoms. The second-order valence-electron chi connectivity index (χ2n) is 10.7. The van der Waals surface area contributed by atoms with Crippen LogP contribution in [-0.4, -0.2) is 24.8 Å². The molecule has 5 aromatic rings. The number of hydrogen-bond donors (Lipinski definition) is 2. The first kappa shape index (κ1) is 28.1. The molecule has 6 rings (SSSR count). The third-order valence-corrected chi connectivity index (χ3v) is 7.61. The predicted molar refractivity (Wildman–Crippen MR) is 166 cm³/mol. The molecule has 40 heavy (non-hydrogen) atoms. The number of aromatic nitrogens is 4. The van der Waals surface area contributed by atoms with Crippen molar-refractivity contribution < 1.29 is 0 Å². The number of hydrogen-bond acceptors (Lipinski definition) is 5. The van der Waals surface area contributed by atoms with E-state index in [1.165, 1.54) is 34.4 Å². The molecule has 6 nitrogen and oxygen atoms in total. The second-order valence-corrected chi connectivity index (χ2v) is 10.7. The smallest absolute Gasteiger partial charge is 0.121 e. The molecule has 3 aromatic heterocycles.